The number of nitrogens with zero attached hydrogens (tertiary/aromatic N) is 2. The van der Waals surface area contributed by atoms with Crippen LogP contribution in [0.15, 0.2) is 30.6 Å². The van der Waals surface area contributed by atoms with Gasteiger partial charge in [0.1, 0.15) is 11.9 Å². The monoisotopic (exact) mass is 329 g/mol. The minimum atomic E-state index is -0.300. The molecule has 1 aromatic heterocycles. The molecule has 1 fully saturated rings. The van der Waals surface area contributed by atoms with Crippen molar-refractivity contribution in [1.29, 1.82) is 0 Å². The Morgan fingerprint density at radius 1 is 1.42 bits per heavy atom. The predicted octanol–water partition coefficient (Wildman–Crippen LogP) is 1.54. The summed E-state index contributed by atoms with van der Waals surface area (Å²) in [4.78, 5) is 17.0. The molecule has 7 heteroatoms. The van der Waals surface area contributed by atoms with Gasteiger partial charge in [0.2, 0.25) is 12.7 Å². The summed E-state index contributed by atoms with van der Waals surface area (Å²) in [5.74, 6) is 1.94. The van der Waals surface area contributed by atoms with Crippen molar-refractivity contribution in [3.63, 3.8) is 0 Å². The van der Waals surface area contributed by atoms with Crippen molar-refractivity contribution in [3.05, 3.63) is 42.0 Å². The topological polar surface area (TPSA) is 74.6 Å². The number of benzene rings is 1. The SMILES string of the molecule is Cn1ccnc1[C@@H]1OCC[C@H]1C(=O)NCc1cccc2c1OCO2. The lowest BCUT2D eigenvalue weighted by Gasteiger charge is -2.18. The average Bonchev–Trinajstić information content (AvgIpc) is 3.31. The number of hydrogen-bond donors (Lipinski definition) is 1. The van der Waals surface area contributed by atoms with Gasteiger partial charge in [0, 0.05) is 38.2 Å². The fourth-order valence-electron chi connectivity index (χ4n) is 3.21. The van der Waals surface area contributed by atoms with Crippen LogP contribution in [0.25, 0.3) is 0 Å². The summed E-state index contributed by atoms with van der Waals surface area (Å²) >= 11 is 0. The molecule has 0 unspecified atom stereocenters. The summed E-state index contributed by atoms with van der Waals surface area (Å²) in [6, 6.07) is 5.68. The number of para-hydroxylation sites is 1. The normalized spacial score (nSPS) is 21.9. The van der Waals surface area contributed by atoms with E-state index in [4.69, 9.17) is 14.2 Å². The molecule has 2 aliphatic rings. The molecule has 3 heterocycles. The second-order valence-corrected chi connectivity index (χ2v) is 5.95. The first-order chi connectivity index (χ1) is 11.7. The molecule has 0 radical (unpaired) electrons. The third-order valence-electron chi connectivity index (χ3n) is 4.47. The number of imidazole rings is 1. The molecule has 1 aromatic carbocycles. The van der Waals surface area contributed by atoms with E-state index in [1.807, 2.05) is 36.0 Å². The lowest BCUT2D eigenvalue weighted by atomic mass is 9.99. The van der Waals surface area contributed by atoms with Gasteiger partial charge in [-0.25, -0.2) is 4.98 Å². The van der Waals surface area contributed by atoms with E-state index in [0.29, 0.717) is 25.3 Å². The van der Waals surface area contributed by atoms with E-state index in [1.165, 1.54) is 0 Å². The Morgan fingerprint density at radius 2 is 2.33 bits per heavy atom. The quantitative estimate of drug-likeness (QED) is 0.921. The maximum absolute atomic E-state index is 12.6. The van der Waals surface area contributed by atoms with Gasteiger partial charge in [-0.1, -0.05) is 12.1 Å². The van der Waals surface area contributed by atoms with Crippen LogP contribution >= 0.6 is 0 Å². The van der Waals surface area contributed by atoms with Crippen molar-refractivity contribution in [3.8, 4) is 11.5 Å². The largest absolute Gasteiger partial charge is 0.454 e. The van der Waals surface area contributed by atoms with Crippen LogP contribution in [0, 0.1) is 5.92 Å². The molecule has 0 aliphatic carbocycles. The highest BCUT2D eigenvalue weighted by Gasteiger charge is 2.37. The number of rotatable bonds is 4. The molecule has 1 saturated heterocycles. The fraction of sp³-hybridized carbons (Fsp3) is 0.412. The van der Waals surface area contributed by atoms with E-state index in [-0.39, 0.29) is 24.7 Å². The van der Waals surface area contributed by atoms with E-state index in [2.05, 4.69) is 10.3 Å². The van der Waals surface area contributed by atoms with Gasteiger partial charge >= 0.3 is 0 Å². The number of carbonyl (C=O) groups is 1. The third-order valence-corrected chi connectivity index (χ3v) is 4.47. The van der Waals surface area contributed by atoms with Crippen LogP contribution in [-0.4, -0.2) is 28.9 Å². The van der Waals surface area contributed by atoms with Crippen LogP contribution in [0.2, 0.25) is 0 Å². The lowest BCUT2D eigenvalue weighted by Crippen LogP contribution is -2.32. The molecule has 4 rings (SSSR count). The number of aryl methyl sites for hydroxylation is 1. The van der Waals surface area contributed by atoms with Gasteiger partial charge in [-0.3, -0.25) is 4.79 Å². The van der Waals surface area contributed by atoms with Crippen LogP contribution in [0.1, 0.15) is 23.9 Å². The number of fused-ring (bicyclic) bond motifs is 1. The molecule has 126 valence electrons. The number of carbonyl (C=O) groups excluding carboxylic acids is 1. The Bertz CT molecular complexity index is 758. The molecule has 0 spiro atoms. The number of amides is 1. The zero-order valence-corrected chi connectivity index (χ0v) is 13.4. The van der Waals surface area contributed by atoms with Gasteiger partial charge in [0.15, 0.2) is 11.5 Å². The summed E-state index contributed by atoms with van der Waals surface area (Å²) in [5, 5.41) is 2.99. The van der Waals surface area contributed by atoms with Gasteiger partial charge in [0.05, 0.1) is 5.92 Å². The van der Waals surface area contributed by atoms with Crippen molar-refractivity contribution in [2.45, 2.75) is 19.1 Å². The fourth-order valence-corrected chi connectivity index (χ4v) is 3.21. The molecule has 0 bridgehead atoms. The Labute approximate surface area is 139 Å². The summed E-state index contributed by atoms with van der Waals surface area (Å²) in [6.45, 7) is 1.18. The van der Waals surface area contributed by atoms with Gasteiger partial charge < -0.3 is 24.1 Å². The highest BCUT2D eigenvalue weighted by Crippen LogP contribution is 2.36. The van der Waals surface area contributed by atoms with Crippen LogP contribution < -0.4 is 14.8 Å². The van der Waals surface area contributed by atoms with Crippen molar-refractivity contribution in [1.82, 2.24) is 14.9 Å². The number of hydrogen-bond acceptors (Lipinski definition) is 5. The average molecular weight is 329 g/mol. The molecule has 2 aliphatic heterocycles. The zero-order valence-electron chi connectivity index (χ0n) is 13.4. The Kier molecular flexibility index (Phi) is 3.86. The molecule has 0 saturated carbocycles. The Morgan fingerprint density at radius 3 is 3.17 bits per heavy atom. The molecule has 1 amide bonds. The van der Waals surface area contributed by atoms with Crippen molar-refractivity contribution >= 4 is 5.91 Å². The van der Waals surface area contributed by atoms with Gasteiger partial charge in [0.25, 0.3) is 0 Å². The standard InChI is InChI=1S/C17H19N3O4/c1-20-7-6-18-16(20)15-12(5-8-22-15)17(21)19-9-11-3-2-4-13-14(11)24-10-23-13/h2-4,6-7,12,15H,5,8-10H2,1H3,(H,19,21)/t12-,15-/m1/s1. The van der Waals surface area contributed by atoms with E-state index in [0.717, 1.165) is 17.1 Å². The summed E-state index contributed by atoms with van der Waals surface area (Å²) in [5.41, 5.74) is 0.908. The van der Waals surface area contributed by atoms with Gasteiger partial charge in [-0.15, -0.1) is 0 Å². The molecule has 24 heavy (non-hydrogen) atoms. The highest BCUT2D eigenvalue weighted by molar-refractivity contribution is 5.79. The van der Waals surface area contributed by atoms with Gasteiger partial charge in [-0.05, 0) is 12.5 Å². The van der Waals surface area contributed by atoms with Crippen LogP contribution in [-0.2, 0) is 23.1 Å². The minimum absolute atomic E-state index is 0.0305. The van der Waals surface area contributed by atoms with Gasteiger partial charge in [-0.2, -0.15) is 0 Å². The molecule has 2 atom stereocenters. The van der Waals surface area contributed by atoms with Crippen molar-refractivity contribution in [2.75, 3.05) is 13.4 Å². The van der Waals surface area contributed by atoms with Crippen molar-refractivity contribution in [2.24, 2.45) is 13.0 Å². The predicted molar refractivity (Wildman–Crippen MR) is 84.4 cm³/mol. The molecular weight excluding hydrogens is 310 g/mol. The van der Waals surface area contributed by atoms with Crippen molar-refractivity contribution < 1.29 is 19.0 Å². The van der Waals surface area contributed by atoms with E-state index in [9.17, 15) is 4.79 Å². The second-order valence-electron chi connectivity index (χ2n) is 5.95. The van der Waals surface area contributed by atoms with Crippen LogP contribution in [0.4, 0.5) is 0 Å². The number of ether oxygens (including phenoxy) is 3. The number of aromatic nitrogens is 2. The maximum Gasteiger partial charge on any atom is 0.231 e. The van der Waals surface area contributed by atoms with E-state index < -0.39 is 0 Å². The maximum atomic E-state index is 12.6. The highest BCUT2D eigenvalue weighted by atomic mass is 16.7. The van der Waals surface area contributed by atoms with Crippen LogP contribution in [0.5, 0.6) is 11.5 Å². The second kappa shape index (κ2) is 6.16. The third kappa shape index (κ3) is 2.60. The Balaban J connectivity index is 1.45. The molecule has 1 N–H and O–H groups in total. The van der Waals surface area contributed by atoms with E-state index >= 15 is 0 Å². The summed E-state index contributed by atoms with van der Waals surface area (Å²) in [6.07, 6.45) is 3.97. The molecule has 7 nitrogen and oxygen atoms in total. The lowest BCUT2D eigenvalue weighted by molar-refractivity contribution is -0.127. The first kappa shape index (κ1) is 15.0. The minimum Gasteiger partial charge on any atom is -0.454 e. The summed E-state index contributed by atoms with van der Waals surface area (Å²) < 4.78 is 18.5. The first-order valence-corrected chi connectivity index (χ1v) is 7.98. The zero-order chi connectivity index (χ0) is 16.5. The van der Waals surface area contributed by atoms with E-state index in [1.54, 1.807) is 6.20 Å². The molecule has 2 aromatic rings. The van der Waals surface area contributed by atoms with Crippen LogP contribution in [0.3, 0.4) is 0 Å². The summed E-state index contributed by atoms with van der Waals surface area (Å²) in [7, 11) is 1.91. The Hall–Kier alpha value is -2.54. The first-order valence-electron chi connectivity index (χ1n) is 7.98. The smallest absolute Gasteiger partial charge is 0.231 e. The molecular formula is C17H19N3O4. The number of nitrogens with one attached hydrogen (secondary N) is 1.